The molecule has 1 aliphatic heterocycles. The number of nitrogens with one attached hydrogen (secondary N) is 1. The number of hydrogen-bond acceptors (Lipinski definition) is 7. The first kappa shape index (κ1) is 25.4. The van der Waals surface area contributed by atoms with E-state index in [1.54, 1.807) is 0 Å². The van der Waals surface area contributed by atoms with Crippen LogP contribution in [-0.2, 0) is 19.1 Å². The second-order valence-corrected chi connectivity index (χ2v) is 7.72. The molecule has 0 amide bonds. The van der Waals surface area contributed by atoms with Crippen molar-refractivity contribution in [3.05, 3.63) is 61.4 Å². The highest BCUT2D eigenvalue weighted by Gasteiger charge is 2.42. The van der Waals surface area contributed by atoms with E-state index in [-0.39, 0.29) is 40.6 Å². The smallest absolute Gasteiger partial charge is 0.336 e. The third-order valence-electron chi connectivity index (χ3n) is 5.05. The van der Waals surface area contributed by atoms with Gasteiger partial charge in [0.15, 0.2) is 0 Å². The van der Waals surface area contributed by atoms with Gasteiger partial charge in [-0.3, -0.25) is 10.1 Å². The maximum absolute atomic E-state index is 13.2. The van der Waals surface area contributed by atoms with Gasteiger partial charge in [-0.2, -0.15) is 0 Å². The second-order valence-electron chi connectivity index (χ2n) is 7.28. The maximum Gasteiger partial charge on any atom is 0.336 e. The van der Waals surface area contributed by atoms with Crippen LogP contribution in [0.1, 0.15) is 64.9 Å². The molecule has 9 heteroatoms. The van der Waals surface area contributed by atoms with Gasteiger partial charge in [-0.1, -0.05) is 39.3 Å². The number of halogens is 1. The van der Waals surface area contributed by atoms with Gasteiger partial charge in [0.05, 0.1) is 35.2 Å². The summed E-state index contributed by atoms with van der Waals surface area (Å²) in [6.07, 6.45) is 2.08. The van der Waals surface area contributed by atoms with E-state index >= 15 is 0 Å². The Bertz CT molecular complexity index is 910. The van der Waals surface area contributed by atoms with Crippen molar-refractivity contribution < 1.29 is 24.0 Å². The van der Waals surface area contributed by atoms with Crippen LogP contribution in [-0.4, -0.2) is 30.1 Å². The summed E-state index contributed by atoms with van der Waals surface area (Å²) in [6.45, 7) is 7.80. The Labute approximate surface area is 192 Å². The first-order valence-corrected chi connectivity index (χ1v) is 11.2. The van der Waals surface area contributed by atoms with Crippen LogP contribution in [0, 0.1) is 10.1 Å². The van der Waals surface area contributed by atoms with Crippen LogP contribution in [0.2, 0.25) is 5.02 Å². The zero-order valence-electron chi connectivity index (χ0n) is 18.8. The normalized spacial score (nSPS) is 14.3. The third kappa shape index (κ3) is 5.48. The Hall–Kier alpha value is -2.87. The highest BCUT2D eigenvalue weighted by Crippen LogP contribution is 2.44. The highest BCUT2D eigenvalue weighted by atomic mass is 35.5. The van der Waals surface area contributed by atoms with Crippen LogP contribution in [0.4, 0.5) is 5.69 Å². The average molecular weight is 465 g/mol. The zero-order chi connectivity index (χ0) is 23.8. The number of nitrogens with zero attached hydrogens (tertiary/aromatic N) is 1. The van der Waals surface area contributed by atoms with E-state index < -0.39 is 22.8 Å². The van der Waals surface area contributed by atoms with E-state index in [2.05, 4.69) is 5.32 Å². The van der Waals surface area contributed by atoms with Crippen molar-refractivity contribution in [1.29, 1.82) is 0 Å². The number of hydrogen-bond donors (Lipinski definition) is 1. The predicted molar refractivity (Wildman–Crippen MR) is 121 cm³/mol. The fraction of sp³-hybridized carbons (Fsp3) is 0.478. The molecule has 174 valence electrons. The van der Waals surface area contributed by atoms with Crippen molar-refractivity contribution in [2.45, 2.75) is 59.3 Å². The summed E-state index contributed by atoms with van der Waals surface area (Å²) in [5.74, 6) is -2.31. The first-order chi connectivity index (χ1) is 15.3. The van der Waals surface area contributed by atoms with E-state index in [9.17, 15) is 19.7 Å². The van der Waals surface area contributed by atoms with Gasteiger partial charge in [0.25, 0.3) is 5.69 Å². The van der Waals surface area contributed by atoms with Gasteiger partial charge in [0.2, 0.25) is 0 Å². The minimum absolute atomic E-state index is 0.146. The van der Waals surface area contributed by atoms with Gasteiger partial charge in [-0.15, -0.1) is 0 Å². The summed E-state index contributed by atoms with van der Waals surface area (Å²) < 4.78 is 10.8. The van der Waals surface area contributed by atoms with E-state index in [1.807, 2.05) is 27.7 Å². The molecule has 0 bridgehead atoms. The van der Waals surface area contributed by atoms with Crippen LogP contribution < -0.4 is 5.32 Å². The minimum Gasteiger partial charge on any atom is -0.462 e. The Morgan fingerprint density at radius 2 is 1.50 bits per heavy atom. The molecule has 0 unspecified atom stereocenters. The standard InChI is InChI=1S/C23H29ClN2O6/c1-5-11-31-22(27)20-16(7-3)25-17(8-4)21(23(28)32-12-6-2)19(20)15-13-14(24)9-10-18(15)26(29)30/h9-10,13,19,25H,5-8,11-12H2,1-4H3. The summed E-state index contributed by atoms with van der Waals surface area (Å²) in [4.78, 5) is 37.6. The molecule has 1 N–H and O–H groups in total. The lowest BCUT2D eigenvalue weighted by Gasteiger charge is -2.32. The molecular formula is C23H29ClN2O6. The molecule has 0 aromatic heterocycles. The van der Waals surface area contributed by atoms with Gasteiger partial charge in [0, 0.05) is 28.0 Å². The van der Waals surface area contributed by atoms with Gasteiger partial charge in [-0.25, -0.2) is 9.59 Å². The second kappa shape index (κ2) is 11.7. The molecular weight excluding hydrogens is 436 g/mol. The molecule has 0 radical (unpaired) electrons. The molecule has 1 aliphatic rings. The molecule has 8 nitrogen and oxygen atoms in total. The Morgan fingerprint density at radius 3 is 1.91 bits per heavy atom. The van der Waals surface area contributed by atoms with Gasteiger partial charge >= 0.3 is 11.9 Å². The lowest BCUT2D eigenvalue weighted by atomic mass is 9.78. The largest absolute Gasteiger partial charge is 0.462 e. The number of carbonyl (C=O) groups excluding carboxylic acids is 2. The third-order valence-corrected chi connectivity index (χ3v) is 5.28. The number of ether oxygens (including phenoxy) is 2. The van der Waals surface area contributed by atoms with Crippen LogP contribution in [0.3, 0.4) is 0 Å². The molecule has 2 rings (SSSR count). The SMILES string of the molecule is CCCOC(=O)C1=C(CC)NC(CC)=C(C(=O)OCCC)C1c1cc(Cl)ccc1[N+](=O)[O-]. The number of benzene rings is 1. The fourth-order valence-electron chi connectivity index (χ4n) is 3.63. The summed E-state index contributed by atoms with van der Waals surface area (Å²) in [6, 6.07) is 4.11. The topological polar surface area (TPSA) is 108 Å². The number of carbonyl (C=O) groups is 2. The Morgan fingerprint density at radius 1 is 1.00 bits per heavy atom. The number of esters is 2. The van der Waals surface area contributed by atoms with Crippen LogP contribution >= 0.6 is 11.6 Å². The van der Waals surface area contributed by atoms with E-state index in [1.165, 1.54) is 18.2 Å². The van der Waals surface area contributed by atoms with Crippen molar-refractivity contribution >= 4 is 29.2 Å². The molecule has 0 aliphatic carbocycles. The maximum atomic E-state index is 13.2. The molecule has 32 heavy (non-hydrogen) atoms. The number of allylic oxidation sites excluding steroid dienone is 2. The Kier molecular flexibility index (Phi) is 9.26. The number of dihydropyridines is 1. The molecule has 0 atom stereocenters. The van der Waals surface area contributed by atoms with E-state index in [4.69, 9.17) is 21.1 Å². The fourth-order valence-corrected chi connectivity index (χ4v) is 3.81. The number of rotatable bonds is 10. The van der Waals surface area contributed by atoms with Crippen molar-refractivity contribution in [3.8, 4) is 0 Å². The predicted octanol–water partition coefficient (Wildman–Crippen LogP) is 5.17. The summed E-state index contributed by atoms with van der Waals surface area (Å²) >= 11 is 6.20. The lowest BCUT2D eigenvalue weighted by Crippen LogP contribution is -2.34. The minimum atomic E-state index is -1.05. The summed E-state index contributed by atoms with van der Waals surface area (Å²) in [5, 5.41) is 15.3. The first-order valence-electron chi connectivity index (χ1n) is 10.8. The number of nitro benzene ring substituents is 1. The van der Waals surface area contributed by atoms with Crippen molar-refractivity contribution in [1.82, 2.24) is 5.32 Å². The quantitative estimate of drug-likeness (QED) is 0.289. The van der Waals surface area contributed by atoms with Crippen LogP contribution in [0.25, 0.3) is 0 Å². The highest BCUT2D eigenvalue weighted by molar-refractivity contribution is 6.30. The molecule has 0 saturated carbocycles. The van der Waals surface area contributed by atoms with E-state index in [0.717, 1.165) is 0 Å². The zero-order valence-corrected chi connectivity index (χ0v) is 19.6. The summed E-state index contributed by atoms with van der Waals surface area (Å²) in [5.41, 5.74) is 1.32. The van der Waals surface area contributed by atoms with Crippen molar-refractivity contribution in [3.63, 3.8) is 0 Å². The van der Waals surface area contributed by atoms with Crippen LogP contribution in [0.15, 0.2) is 40.7 Å². The Balaban J connectivity index is 2.84. The van der Waals surface area contributed by atoms with Gasteiger partial charge in [-0.05, 0) is 37.8 Å². The molecule has 0 spiro atoms. The molecule has 1 aromatic rings. The van der Waals surface area contributed by atoms with Gasteiger partial charge in [0.1, 0.15) is 0 Å². The van der Waals surface area contributed by atoms with Crippen LogP contribution in [0.5, 0.6) is 0 Å². The summed E-state index contributed by atoms with van der Waals surface area (Å²) in [7, 11) is 0. The van der Waals surface area contributed by atoms with Gasteiger partial charge < -0.3 is 14.8 Å². The molecule has 1 heterocycles. The monoisotopic (exact) mass is 464 g/mol. The lowest BCUT2D eigenvalue weighted by molar-refractivity contribution is -0.385. The van der Waals surface area contributed by atoms with Crippen molar-refractivity contribution in [2.24, 2.45) is 0 Å². The average Bonchev–Trinajstić information content (AvgIpc) is 2.78. The van der Waals surface area contributed by atoms with Crippen molar-refractivity contribution in [2.75, 3.05) is 13.2 Å². The molecule has 1 aromatic carbocycles. The number of nitro groups is 1. The molecule has 0 fully saturated rings. The molecule has 0 saturated heterocycles. The van der Waals surface area contributed by atoms with E-state index in [0.29, 0.717) is 37.1 Å².